The Kier molecular flexibility index (Phi) is 7.96. The van der Waals surface area contributed by atoms with Crippen LogP contribution in [0.5, 0.6) is 0 Å². The summed E-state index contributed by atoms with van der Waals surface area (Å²) in [5.74, 6) is -1.37. The van der Waals surface area contributed by atoms with Crippen molar-refractivity contribution in [2.45, 2.75) is 46.3 Å². The molecule has 0 bridgehead atoms. The first-order chi connectivity index (χ1) is 17.7. The van der Waals surface area contributed by atoms with Crippen molar-refractivity contribution in [3.8, 4) is 0 Å². The van der Waals surface area contributed by atoms with Gasteiger partial charge in [0.1, 0.15) is 11.9 Å². The van der Waals surface area contributed by atoms with Crippen LogP contribution in [0, 0.1) is 18.7 Å². The van der Waals surface area contributed by atoms with Crippen molar-refractivity contribution in [2.24, 2.45) is 5.92 Å². The second-order valence-electron chi connectivity index (χ2n) is 9.68. The highest BCUT2D eigenvalue weighted by Crippen LogP contribution is 2.31. The van der Waals surface area contributed by atoms with Crippen LogP contribution in [0.15, 0.2) is 66.9 Å². The molecule has 0 fully saturated rings. The summed E-state index contributed by atoms with van der Waals surface area (Å²) in [6.07, 6.45) is 1.31. The number of anilines is 1. The lowest BCUT2D eigenvalue weighted by Gasteiger charge is -2.31. The van der Waals surface area contributed by atoms with Crippen LogP contribution in [0.1, 0.15) is 47.4 Å². The van der Waals surface area contributed by atoms with Gasteiger partial charge >= 0.3 is 0 Å². The molecular weight excluding hydrogens is 471 g/mol. The smallest absolute Gasteiger partial charge is 0.254 e. The Labute approximate surface area is 216 Å². The third kappa shape index (κ3) is 6.02. The molecule has 4 rings (SSSR count). The van der Waals surface area contributed by atoms with Gasteiger partial charge in [-0.05, 0) is 42.7 Å². The molecule has 1 unspecified atom stereocenters. The zero-order valence-electron chi connectivity index (χ0n) is 21.3. The van der Waals surface area contributed by atoms with Crippen molar-refractivity contribution in [1.82, 2.24) is 15.2 Å². The molecule has 1 N–H and O–H groups in total. The summed E-state index contributed by atoms with van der Waals surface area (Å²) < 4.78 is 14.1. The molecule has 2 aromatic carbocycles. The van der Waals surface area contributed by atoms with Crippen LogP contribution < -0.4 is 10.2 Å². The van der Waals surface area contributed by atoms with Gasteiger partial charge in [0.2, 0.25) is 11.8 Å². The van der Waals surface area contributed by atoms with E-state index in [0.29, 0.717) is 23.4 Å². The van der Waals surface area contributed by atoms with E-state index in [9.17, 15) is 18.8 Å². The number of pyridine rings is 1. The maximum atomic E-state index is 14.1. The Morgan fingerprint density at radius 1 is 1.11 bits per heavy atom. The van der Waals surface area contributed by atoms with Crippen LogP contribution in [-0.4, -0.2) is 40.2 Å². The summed E-state index contributed by atoms with van der Waals surface area (Å²) in [7, 11) is 0. The fourth-order valence-electron chi connectivity index (χ4n) is 4.53. The molecule has 2 heterocycles. The summed E-state index contributed by atoms with van der Waals surface area (Å²) in [5, 5.41) is 2.72. The molecule has 0 saturated carbocycles. The summed E-state index contributed by atoms with van der Waals surface area (Å²) in [4.78, 5) is 48.1. The number of carbonyl (C=O) groups is 3. The number of aryl methyl sites for hydroxylation is 1. The zero-order chi connectivity index (χ0) is 26.5. The molecule has 1 aromatic heterocycles. The van der Waals surface area contributed by atoms with Crippen LogP contribution in [0.4, 0.5) is 10.1 Å². The lowest BCUT2D eigenvalue weighted by atomic mass is 10.1. The summed E-state index contributed by atoms with van der Waals surface area (Å²) in [6, 6.07) is 15.9. The molecule has 3 amide bonds. The van der Waals surface area contributed by atoms with E-state index in [-0.39, 0.29) is 37.2 Å². The molecule has 0 spiro atoms. The molecular formula is C29H31FN4O3. The predicted molar refractivity (Wildman–Crippen MR) is 139 cm³/mol. The molecule has 0 saturated heterocycles. The van der Waals surface area contributed by atoms with Crippen molar-refractivity contribution in [2.75, 3.05) is 11.4 Å². The fraction of sp³-hybridized carbons (Fsp3) is 0.310. The Morgan fingerprint density at radius 2 is 1.84 bits per heavy atom. The second kappa shape index (κ2) is 11.3. The summed E-state index contributed by atoms with van der Waals surface area (Å²) in [5.41, 5.74) is 2.97. The molecule has 1 aliphatic rings. The minimum atomic E-state index is -1.03. The van der Waals surface area contributed by atoms with Gasteiger partial charge in [-0.25, -0.2) is 4.39 Å². The van der Waals surface area contributed by atoms with Crippen molar-refractivity contribution < 1.29 is 18.8 Å². The number of hydrogen-bond acceptors (Lipinski definition) is 4. The van der Waals surface area contributed by atoms with Crippen LogP contribution >= 0.6 is 0 Å². The lowest BCUT2D eigenvalue weighted by Crippen LogP contribution is -2.51. The van der Waals surface area contributed by atoms with E-state index in [1.165, 1.54) is 11.0 Å². The third-order valence-electron chi connectivity index (χ3n) is 6.32. The topological polar surface area (TPSA) is 82.6 Å². The van der Waals surface area contributed by atoms with E-state index in [1.807, 2.05) is 38.1 Å². The third-order valence-corrected chi connectivity index (χ3v) is 6.32. The highest BCUT2D eigenvalue weighted by atomic mass is 19.1. The Balaban J connectivity index is 1.68. The van der Waals surface area contributed by atoms with E-state index < -0.39 is 17.8 Å². The molecule has 1 aliphatic heterocycles. The molecule has 7 nitrogen and oxygen atoms in total. The van der Waals surface area contributed by atoms with Crippen LogP contribution in [0.3, 0.4) is 0 Å². The SMILES string of the molecule is Cc1cc(C(=O)N2Cc3ccccc3N(CC(C)C)C(=O)C2CC(=O)NCc2ccccc2F)ccn1. The van der Waals surface area contributed by atoms with Gasteiger partial charge in [0.25, 0.3) is 5.91 Å². The van der Waals surface area contributed by atoms with Crippen molar-refractivity contribution >= 4 is 23.4 Å². The van der Waals surface area contributed by atoms with Gasteiger partial charge in [0.15, 0.2) is 0 Å². The van der Waals surface area contributed by atoms with Crippen LogP contribution in [0.25, 0.3) is 0 Å². The molecule has 0 radical (unpaired) electrons. The lowest BCUT2D eigenvalue weighted by molar-refractivity contribution is -0.129. The van der Waals surface area contributed by atoms with Gasteiger partial charge in [-0.3, -0.25) is 19.4 Å². The van der Waals surface area contributed by atoms with Crippen molar-refractivity contribution in [1.29, 1.82) is 0 Å². The molecule has 0 aliphatic carbocycles. The minimum absolute atomic E-state index is 0.0140. The van der Waals surface area contributed by atoms with E-state index in [2.05, 4.69) is 10.3 Å². The number of fused-ring (bicyclic) bond motifs is 1. The van der Waals surface area contributed by atoms with Gasteiger partial charge < -0.3 is 15.1 Å². The highest BCUT2D eigenvalue weighted by molar-refractivity contribution is 6.05. The zero-order valence-corrected chi connectivity index (χ0v) is 21.3. The number of carbonyl (C=O) groups excluding carboxylic acids is 3. The van der Waals surface area contributed by atoms with Gasteiger partial charge in [-0.1, -0.05) is 50.2 Å². The number of para-hydroxylation sites is 1. The van der Waals surface area contributed by atoms with Gasteiger partial charge in [-0.2, -0.15) is 0 Å². The normalized spacial score (nSPS) is 15.4. The highest BCUT2D eigenvalue weighted by Gasteiger charge is 2.39. The minimum Gasteiger partial charge on any atom is -0.352 e. The average Bonchev–Trinajstić information content (AvgIpc) is 2.98. The number of aromatic nitrogens is 1. The fourth-order valence-corrected chi connectivity index (χ4v) is 4.53. The number of benzene rings is 2. The van der Waals surface area contributed by atoms with Crippen molar-refractivity contribution in [3.05, 3.63) is 95.1 Å². The number of rotatable bonds is 7. The van der Waals surface area contributed by atoms with E-state index >= 15 is 0 Å². The average molecular weight is 503 g/mol. The quantitative estimate of drug-likeness (QED) is 0.524. The maximum absolute atomic E-state index is 14.1. The Hall–Kier alpha value is -4.07. The summed E-state index contributed by atoms with van der Waals surface area (Å²) in [6.45, 7) is 6.41. The second-order valence-corrected chi connectivity index (χ2v) is 9.68. The van der Waals surface area contributed by atoms with Crippen LogP contribution in [-0.2, 0) is 22.7 Å². The standard InChI is InChI=1S/C29H31FN4O3/c1-19(2)17-33-25-11-7-5-9-23(25)18-34(28(36)21-12-13-31-20(3)14-21)26(29(33)37)15-27(35)32-16-22-8-4-6-10-24(22)30/h4-14,19,26H,15-18H2,1-3H3,(H,32,35). The summed E-state index contributed by atoms with van der Waals surface area (Å²) >= 11 is 0. The number of nitrogens with zero attached hydrogens (tertiary/aromatic N) is 3. The number of nitrogens with one attached hydrogen (secondary N) is 1. The number of amides is 3. The monoisotopic (exact) mass is 502 g/mol. The van der Waals surface area contributed by atoms with E-state index in [0.717, 1.165) is 11.3 Å². The molecule has 192 valence electrons. The van der Waals surface area contributed by atoms with Gasteiger partial charge in [0, 0.05) is 48.3 Å². The number of halogens is 1. The van der Waals surface area contributed by atoms with E-state index in [1.54, 1.807) is 48.4 Å². The first-order valence-electron chi connectivity index (χ1n) is 12.4. The Bertz CT molecular complexity index is 1310. The molecule has 8 heteroatoms. The Morgan fingerprint density at radius 3 is 2.57 bits per heavy atom. The largest absolute Gasteiger partial charge is 0.352 e. The van der Waals surface area contributed by atoms with Gasteiger partial charge in [0.05, 0.1) is 6.42 Å². The first kappa shape index (κ1) is 26.0. The van der Waals surface area contributed by atoms with Crippen molar-refractivity contribution in [3.63, 3.8) is 0 Å². The number of hydrogen-bond donors (Lipinski definition) is 1. The van der Waals surface area contributed by atoms with Crippen LogP contribution in [0.2, 0.25) is 0 Å². The molecule has 3 aromatic rings. The predicted octanol–water partition coefficient (Wildman–Crippen LogP) is 4.25. The first-order valence-corrected chi connectivity index (χ1v) is 12.4. The maximum Gasteiger partial charge on any atom is 0.254 e. The molecule has 1 atom stereocenters. The van der Waals surface area contributed by atoms with E-state index in [4.69, 9.17) is 0 Å². The molecule has 37 heavy (non-hydrogen) atoms. The van der Waals surface area contributed by atoms with Gasteiger partial charge in [-0.15, -0.1) is 0 Å².